The van der Waals surface area contributed by atoms with Gasteiger partial charge in [-0.1, -0.05) is 62.4 Å². The first-order chi connectivity index (χ1) is 17.4. The van der Waals surface area contributed by atoms with E-state index in [9.17, 15) is 9.18 Å². The first-order valence-corrected chi connectivity index (χ1v) is 12.3. The van der Waals surface area contributed by atoms with E-state index in [-0.39, 0.29) is 17.2 Å². The van der Waals surface area contributed by atoms with Crippen molar-refractivity contribution >= 4 is 5.95 Å². The Labute approximate surface area is 210 Å². The van der Waals surface area contributed by atoms with Gasteiger partial charge in [-0.25, -0.2) is 9.37 Å². The fourth-order valence-corrected chi connectivity index (χ4v) is 4.65. The van der Waals surface area contributed by atoms with Crippen LogP contribution >= 0.6 is 0 Å². The number of nitrogens with zero attached hydrogens (tertiary/aromatic N) is 4. The number of piperazine rings is 1. The molecule has 1 saturated heterocycles. The van der Waals surface area contributed by atoms with Crippen molar-refractivity contribution in [2.45, 2.75) is 25.8 Å². The number of rotatable bonds is 5. The Morgan fingerprint density at radius 1 is 1.03 bits per heavy atom. The Balaban J connectivity index is 1.38. The number of halogens is 1. The molecule has 6 nitrogen and oxygen atoms in total. The van der Waals surface area contributed by atoms with Crippen molar-refractivity contribution in [1.82, 2.24) is 19.9 Å². The monoisotopic (exact) mass is 483 g/mol. The third-order valence-corrected chi connectivity index (χ3v) is 6.84. The lowest BCUT2D eigenvalue weighted by Gasteiger charge is -2.35. The summed E-state index contributed by atoms with van der Waals surface area (Å²) in [5, 5.41) is 3.58. The van der Waals surface area contributed by atoms with Crippen molar-refractivity contribution in [3.8, 4) is 22.4 Å². The molecule has 184 valence electrons. The maximum atomic E-state index is 14.3. The maximum absolute atomic E-state index is 14.3. The normalized spacial score (nSPS) is 15.9. The summed E-state index contributed by atoms with van der Waals surface area (Å²) in [6.45, 7) is 6.48. The van der Waals surface area contributed by atoms with E-state index in [4.69, 9.17) is 0 Å². The summed E-state index contributed by atoms with van der Waals surface area (Å²) >= 11 is 0. The number of pyridine rings is 1. The minimum atomic E-state index is -0.499. The van der Waals surface area contributed by atoms with Gasteiger partial charge in [0, 0.05) is 50.6 Å². The van der Waals surface area contributed by atoms with Crippen molar-refractivity contribution in [2.24, 2.45) is 7.05 Å². The van der Waals surface area contributed by atoms with Crippen LogP contribution in [0.3, 0.4) is 0 Å². The molecule has 0 amide bonds. The molecular formula is C29H30FN5O. The van der Waals surface area contributed by atoms with Crippen molar-refractivity contribution in [2.75, 3.05) is 24.5 Å². The van der Waals surface area contributed by atoms with Crippen LogP contribution < -0.4 is 15.8 Å². The van der Waals surface area contributed by atoms with Gasteiger partial charge in [0.1, 0.15) is 0 Å². The topological polar surface area (TPSA) is 63.1 Å². The number of nitrogens with one attached hydrogen (secondary N) is 1. The average molecular weight is 484 g/mol. The van der Waals surface area contributed by atoms with Gasteiger partial charge in [-0.05, 0) is 34.2 Å². The summed E-state index contributed by atoms with van der Waals surface area (Å²) < 4.78 is 15.9. The second kappa shape index (κ2) is 10.0. The molecule has 4 aromatic rings. The quantitative estimate of drug-likeness (QED) is 0.437. The molecule has 0 unspecified atom stereocenters. The van der Waals surface area contributed by atoms with Gasteiger partial charge < -0.3 is 10.2 Å². The van der Waals surface area contributed by atoms with E-state index in [0.29, 0.717) is 30.6 Å². The third-order valence-electron chi connectivity index (χ3n) is 6.84. The fraction of sp³-hybridized carbons (Fsp3) is 0.276. The molecule has 0 spiro atoms. The van der Waals surface area contributed by atoms with Gasteiger partial charge in [-0.2, -0.15) is 0 Å². The Hall–Kier alpha value is -3.84. The molecule has 3 heterocycles. The molecule has 1 atom stereocenters. The number of benzene rings is 2. The second-order valence-electron chi connectivity index (χ2n) is 9.55. The molecule has 0 aliphatic carbocycles. The van der Waals surface area contributed by atoms with Crippen molar-refractivity contribution in [3.05, 3.63) is 100 Å². The van der Waals surface area contributed by atoms with E-state index in [1.165, 1.54) is 39.1 Å². The molecule has 2 aromatic heterocycles. The largest absolute Gasteiger partial charge is 0.339 e. The van der Waals surface area contributed by atoms with E-state index in [0.717, 1.165) is 12.7 Å². The van der Waals surface area contributed by atoms with E-state index >= 15 is 0 Å². The molecule has 1 aliphatic rings. The van der Waals surface area contributed by atoms with Crippen molar-refractivity contribution in [3.63, 3.8) is 0 Å². The lowest BCUT2D eigenvalue weighted by Crippen LogP contribution is -2.47. The van der Waals surface area contributed by atoms with Gasteiger partial charge in [0.25, 0.3) is 5.56 Å². The van der Waals surface area contributed by atoms with E-state index in [2.05, 4.69) is 82.6 Å². The number of anilines is 1. The van der Waals surface area contributed by atoms with Gasteiger partial charge >= 0.3 is 0 Å². The van der Waals surface area contributed by atoms with Gasteiger partial charge in [0.05, 0.1) is 11.9 Å². The van der Waals surface area contributed by atoms with Crippen molar-refractivity contribution < 1.29 is 4.39 Å². The second-order valence-corrected chi connectivity index (χ2v) is 9.55. The molecular weight excluding hydrogens is 453 g/mol. The highest BCUT2D eigenvalue weighted by Gasteiger charge is 2.24. The van der Waals surface area contributed by atoms with Crippen LogP contribution in [0.4, 0.5) is 10.3 Å². The molecule has 0 saturated carbocycles. The summed E-state index contributed by atoms with van der Waals surface area (Å²) in [4.78, 5) is 23.3. The van der Waals surface area contributed by atoms with Crippen LogP contribution in [0.25, 0.3) is 22.4 Å². The van der Waals surface area contributed by atoms with Crippen LogP contribution in [-0.4, -0.2) is 34.2 Å². The molecule has 1 aliphatic heterocycles. The van der Waals surface area contributed by atoms with Crippen LogP contribution in [-0.2, 0) is 7.05 Å². The predicted octanol–water partition coefficient (Wildman–Crippen LogP) is 4.92. The molecule has 5 rings (SSSR count). The van der Waals surface area contributed by atoms with Crippen LogP contribution in [0.15, 0.2) is 77.9 Å². The average Bonchev–Trinajstić information content (AvgIpc) is 2.91. The minimum Gasteiger partial charge on any atom is -0.339 e. The predicted molar refractivity (Wildman–Crippen MR) is 142 cm³/mol. The number of aromatic nitrogens is 3. The van der Waals surface area contributed by atoms with Crippen molar-refractivity contribution in [1.29, 1.82) is 0 Å². The van der Waals surface area contributed by atoms with Gasteiger partial charge in [0.2, 0.25) is 5.95 Å². The van der Waals surface area contributed by atoms with Crippen LogP contribution in [0.5, 0.6) is 0 Å². The first-order valence-electron chi connectivity index (χ1n) is 12.3. The molecule has 36 heavy (non-hydrogen) atoms. The summed E-state index contributed by atoms with van der Waals surface area (Å²) in [7, 11) is 1.70. The summed E-state index contributed by atoms with van der Waals surface area (Å²) in [6.07, 6.45) is 2.64. The van der Waals surface area contributed by atoms with E-state index in [1.54, 1.807) is 13.1 Å². The first kappa shape index (κ1) is 23.9. The Morgan fingerprint density at radius 3 is 2.39 bits per heavy atom. The zero-order valence-electron chi connectivity index (χ0n) is 20.8. The van der Waals surface area contributed by atoms with Gasteiger partial charge in [-0.15, -0.1) is 0 Å². The zero-order valence-corrected chi connectivity index (χ0v) is 20.8. The highest BCUT2D eigenvalue weighted by molar-refractivity contribution is 5.64. The van der Waals surface area contributed by atoms with Crippen LogP contribution in [0.2, 0.25) is 0 Å². The lowest BCUT2D eigenvalue weighted by molar-refractivity contribution is 0.462. The SMILES string of the molecule is CC(C)c1ccc(-c2ccc([C@H]3CN(c4nc(-c5ccncc5F)cc(=O)n4C)CCN3)cc2)cc1. The maximum Gasteiger partial charge on any atom is 0.255 e. The fourth-order valence-electron chi connectivity index (χ4n) is 4.65. The standard InChI is InChI=1S/C29H30FN5O/c1-19(2)20-4-6-21(7-5-20)22-8-10-23(11-9-22)27-18-35(15-14-32-27)29-33-26(16-28(36)34(29)3)24-12-13-31-17-25(24)30/h4-13,16-17,19,27,32H,14-15,18H2,1-3H3/t27-/m1/s1. The third kappa shape index (κ3) is 4.79. The van der Waals surface area contributed by atoms with Crippen LogP contribution in [0.1, 0.15) is 36.9 Å². The van der Waals surface area contributed by atoms with Gasteiger partial charge in [0.15, 0.2) is 5.82 Å². The summed E-state index contributed by atoms with van der Waals surface area (Å²) in [6, 6.07) is 20.3. The molecule has 7 heteroatoms. The van der Waals surface area contributed by atoms with E-state index < -0.39 is 5.82 Å². The molecule has 0 radical (unpaired) electrons. The highest BCUT2D eigenvalue weighted by atomic mass is 19.1. The Morgan fingerprint density at radius 2 is 1.72 bits per heavy atom. The Kier molecular flexibility index (Phi) is 6.65. The van der Waals surface area contributed by atoms with Gasteiger partial charge in [-0.3, -0.25) is 14.3 Å². The lowest BCUT2D eigenvalue weighted by atomic mass is 9.97. The highest BCUT2D eigenvalue weighted by Crippen LogP contribution is 2.27. The molecule has 1 N–H and O–H groups in total. The zero-order chi connectivity index (χ0) is 25.2. The molecule has 2 aromatic carbocycles. The summed E-state index contributed by atoms with van der Waals surface area (Å²) in [5.74, 6) is 0.545. The van der Waals surface area contributed by atoms with E-state index in [1.807, 2.05) is 0 Å². The van der Waals surface area contributed by atoms with Crippen LogP contribution in [0, 0.1) is 5.82 Å². The Bertz CT molecular complexity index is 1410. The smallest absolute Gasteiger partial charge is 0.255 e. The summed E-state index contributed by atoms with van der Waals surface area (Å²) in [5.41, 5.74) is 5.24. The number of hydrogen-bond acceptors (Lipinski definition) is 5. The molecule has 0 bridgehead atoms. The minimum absolute atomic E-state index is 0.0781. The molecule has 1 fully saturated rings. The number of hydrogen-bond donors (Lipinski definition) is 1.